The van der Waals surface area contributed by atoms with Crippen LogP contribution in [0.4, 0.5) is 24.7 Å². The van der Waals surface area contributed by atoms with Crippen molar-refractivity contribution in [2.45, 2.75) is 81.4 Å². The van der Waals surface area contributed by atoms with Crippen LogP contribution in [0.2, 0.25) is 25.7 Å². The van der Waals surface area contributed by atoms with E-state index in [1.165, 1.54) is 12.1 Å². The first-order chi connectivity index (χ1) is 20.4. The van der Waals surface area contributed by atoms with Crippen LogP contribution in [-0.2, 0) is 27.8 Å². The molecular weight excluding hydrogens is 665 g/mol. The van der Waals surface area contributed by atoms with E-state index in [-0.39, 0.29) is 29.1 Å². The van der Waals surface area contributed by atoms with Crippen molar-refractivity contribution in [2.24, 2.45) is 0 Å². The second-order valence-electron chi connectivity index (χ2n) is 12.3. The summed E-state index contributed by atoms with van der Waals surface area (Å²) in [6, 6.07) is 8.80. The largest absolute Gasteiger partial charge is 0.380 e. The number of nitrogens with zero attached hydrogens (tertiary/aromatic N) is 3. The molecule has 2 fully saturated rings. The Morgan fingerprint density at radius 3 is 2.44 bits per heavy atom. The number of hydrogen-bond donors (Lipinski definition) is 1. The minimum Gasteiger partial charge on any atom is -0.380 e. The molecule has 234 valence electrons. The van der Waals surface area contributed by atoms with Crippen molar-refractivity contribution in [2.75, 3.05) is 23.0 Å². The average molecular weight is 702 g/mol. The summed E-state index contributed by atoms with van der Waals surface area (Å²) in [4.78, 5) is 1.25. The molecule has 1 N–H and O–H groups in total. The van der Waals surface area contributed by atoms with E-state index in [2.05, 4.69) is 50.9 Å². The maximum Gasteiger partial charge on any atom is 0.273 e. The topological polar surface area (TPSA) is 87.9 Å². The van der Waals surface area contributed by atoms with Crippen LogP contribution >= 0.6 is 15.9 Å². The molecule has 2 aromatic carbocycles. The third kappa shape index (κ3) is 6.98. The summed E-state index contributed by atoms with van der Waals surface area (Å²) < 4.78 is 84.2. The Balaban J connectivity index is 1.37. The van der Waals surface area contributed by atoms with Crippen molar-refractivity contribution in [1.82, 2.24) is 10.1 Å². The fraction of sp³-hybridized carbons (Fsp3) is 0.483. The predicted octanol–water partition coefficient (Wildman–Crippen LogP) is 7.10. The summed E-state index contributed by atoms with van der Waals surface area (Å²) in [6.45, 7) is 6.74. The van der Waals surface area contributed by atoms with Gasteiger partial charge >= 0.3 is 0 Å². The Bertz CT molecular complexity index is 1540. The molecule has 0 spiro atoms. The van der Waals surface area contributed by atoms with Crippen LogP contribution in [0.5, 0.6) is 0 Å². The van der Waals surface area contributed by atoms with Crippen molar-refractivity contribution < 1.29 is 30.8 Å². The number of halogens is 4. The van der Waals surface area contributed by atoms with Gasteiger partial charge in [-0.05, 0) is 65.4 Å². The quantitative estimate of drug-likeness (QED) is 0.0881. The monoisotopic (exact) mass is 700 g/mol. The maximum absolute atomic E-state index is 15.7. The molecule has 2 aliphatic rings. The van der Waals surface area contributed by atoms with Gasteiger partial charge in [0.2, 0.25) is 0 Å². The van der Waals surface area contributed by atoms with Crippen molar-refractivity contribution in [3.63, 3.8) is 0 Å². The van der Waals surface area contributed by atoms with E-state index in [1.54, 1.807) is 6.07 Å². The lowest BCUT2D eigenvalue weighted by Crippen LogP contribution is -2.35. The zero-order valence-electron chi connectivity index (χ0n) is 24.4. The van der Waals surface area contributed by atoms with Crippen molar-refractivity contribution >= 4 is 45.5 Å². The number of benzene rings is 2. The van der Waals surface area contributed by atoms with Crippen LogP contribution in [0.15, 0.2) is 50.5 Å². The van der Waals surface area contributed by atoms with E-state index in [0.29, 0.717) is 28.5 Å². The molecule has 0 amide bonds. The number of anilines is 2. The Morgan fingerprint density at radius 1 is 1.12 bits per heavy atom. The van der Waals surface area contributed by atoms with Gasteiger partial charge in [-0.15, -0.1) is 0 Å². The summed E-state index contributed by atoms with van der Waals surface area (Å²) in [5.74, 6) is -3.25. The molecule has 0 unspecified atom stereocenters. The maximum atomic E-state index is 15.7. The number of ether oxygens (including phenoxy) is 1. The summed E-state index contributed by atoms with van der Waals surface area (Å²) >= 11 is 3.10. The summed E-state index contributed by atoms with van der Waals surface area (Å²) in [5.41, 5.74) is 1.15. The predicted molar refractivity (Wildman–Crippen MR) is 165 cm³/mol. The molecular formula is C29H36BrF3N4O4SSi. The summed E-state index contributed by atoms with van der Waals surface area (Å²) in [5, 5.41) is 6.56. The third-order valence-electron chi connectivity index (χ3n) is 8.18. The first-order valence-electron chi connectivity index (χ1n) is 14.3. The van der Waals surface area contributed by atoms with E-state index in [9.17, 15) is 8.42 Å². The lowest BCUT2D eigenvalue weighted by molar-refractivity contribution is 0.155. The highest BCUT2D eigenvalue weighted by Crippen LogP contribution is 2.39. The lowest BCUT2D eigenvalue weighted by Gasteiger charge is -2.24. The number of sulfonamides is 1. The van der Waals surface area contributed by atoms with E-state index in [0.717, 1.165) is 49.6 Å². The fourth-order valence-corrected chi connectivity index (χ4v) is 8.53. The van der Waals surface area contributed by atoms with Gasteiger partial charge in [-0.1, -0.05) is 36.9 Å². The second kappa shape index (κ2) is 12.9. The Labute approximate surface area is 259 Å². The fourth-order valence-electron chi connectivity index (χ4n) is 5.78. The van der Waals surface area contributed by atoms with Crippen LogP contribution < -0.4 is 9.62 Å². The highest BCUT2D eigenvalue weighted by molar-refractivity contribution is 9.10. The summed E-state index contributed by atoms with van der Waals surface area (Å²) in [6.07, 6.45) is 5.74. The lowest BCUT2D eigenvalue weighted by atomic mass is 10.0. The average Bonchev–Trinajstić information content (AvgIpc) is 3.69. The molecule has 0 aliphatic carbocycles. The number of hydrogen-bond acceptors (Lipinski definition) is 7. The Hall–Kier alpha value is -2.39. The van der Waals surface area contributed by atoms with Gasteiger partial charge in [-0.3, -0.25) is 4.90 Å². The van der Waals surface area contributed by atoms with Crippen LogP contribution in [0.1, 0.15) is 36.8 Å². The van der Waals surface area contributed by atoms with E-state index >= 15 is 13.2 Å². The zero-order valence-corrected chi connectivity index (χ0v) is 27.8. The standard InChI is InChI=1S/C29H36BrF3N4O4SSi/c1-43(2,3)14-13-40-18-37(26-11-12-41-35-26)42(38,39)29-24(32)15-25(27(30)28(29)33)34-16-22-19(5-4-6-23(22)31)17-36-20-7-8-21(36)10-9-20/h4-6,11-12,15,20-21,34H,7-10,13-14,16-18H2,1-3H3. The summed E-state index contributed by atoms with van der Waals surface area (Å²) in [7, 11) is -6.29. The van der Waals surface area contributed by atoms with Gasteiger partial charge in [-0.2, -0.15) is 0 Å². The van der Waals surface area contributed by atoms with Crippen molar-refractivity contribution in [1.29, 1.82) is 0 Å². The molecule has 14 heteroatoms. The number of fused-ring (bicyclic) bond motifs is 2. The van der Waals surface area contributed by atoms with Crippen molar-refractivity contribution in [3.05, 3.63) is 69.6 Å². The Morgan fingerprint density at radius 2 is 1.81 bits per heavy atom. The smallest absolute Gasteiger partial charge is 0.273 e. The molecule has 2 bridgehead atoms. The second-order valence-corrected chi connectivity index (χ2v) is 20.5. The van der Waals surface area contributed by atoms with Gasteiger partial charge in [-0.25, -0.2) is 25.9 Å². The van der Waals surface area contributed by atoms with Crippen LogP contribution in [0, 0.1) is 17.5 Å². The molecule has 1 aromatic heterocycles. The first kappa shape index (κ1) is 32.0. The molecule has 3 aromatic rings. The minimum absolute atomic E-state index is 0.0508. The molecule has 43 heavy (non-hydrogen) atoms. The number of nitrogens with one attached hydrogen (secondary N) is 1. The normalized spacial score (nSPS) is 18.9. The van der Waals surface area contributed by atoms with E-state index in [1.807, 2.05) is 6.07 Å². The molecule has 0 radical (unpaired) electrons. The van der Waals surface area contributed by atoms with Gasteiger partial charge in [0.05, 0.1) is 10.2 Å². The molecule has 3 heterocycles. The SMILES string of the molecule is C[Si](C)(C)CCOCN(c1ccon1)S(=O)(=O)c1c(F)cc(NCc2c(F)cccc2CN2C3CCC2CC3)c(Br)c1F. The van der Waals surface area contributed by atoms with E-state index in [4.69, 9.17) is 9.26 Å². The number of aromatic nitrogens is 1. The van der Waals surface area contributed by atoms with Crippen LogP contribution in [0.3, 0.4) is 0 Å². The molecule has 2 saturated heterocycles. The van der Waals surface area contributed by atoms with Gasteiger partial charge < -0.3 is 14.6 Å². The minimum atomic E-state index is -4.82. The molecule has 8 nitrogen and oxygen atoms in total. The number of rotatable bonds is 13. The highest BCUT2D eigenvalue weighted by Gasteiger charge is 2.39. The molecule has 2 aliphatic heterocycles. The molecule has 5 rings (SSSR count). The molecule has 0 saturated carbocycles. The van der Waals surface area contributed by atoms with Crippen molar-refractivity contribution in [3.8, 4) is 0 Å². The van der Waals surface area contributed by atoms with Crippen LogP contribution in [0.25, 0.3) is 0 Å². The zero-order chi connectivity index (χ0) is 30.9. The van der Waals surface area contributed by atoms with Crippen LogP contribution in [-0.4, -0.2) is 52.0 Å². The Kier molecular flexibility index (Phi) is 9.62. The molecule has 0 atom stereocenters. The van der Waals surface area contributed by atoms with Gasteiger partial charge in [0, 0.05) is 51.5 Å². The highest BCUT2D eigenvalue weighted by atomic mass is 79.9. The van der Waals surface area contributed by atoms with Gasteiger partial charge in [0.25, 0.3) is 10.0 Å². The van der Waals surface area contributed by atoms with Gasteiger partial charge in [0.15, 0.2) is 16.5 Å². The first-order valence-corrected chi connectivity index (χ1v) is 20.2. The van der Waals surface area contributed by atoms with E-state index < -0.39 is 47.2 Å². The van der Waals surface area contributed by atoms with Gasteiger partial charge in [0.1, 0.15) is 24.6 Å². The third-order valence-corrected chi connectivity index (χ3v) is 12.4.